The van der Waals surface area contributed by atoms with Crippen LogP contribution in [0.3, 0.4) is 0 Å². The standard InChI is InChI=1S/C14H11NO2S/c1-8-13(9-4-2-3-5-10(9)15-8)11-6-7-12(18-11)14(16)17/h2-7,15H,1H3,(H,16,17). The summed E-state index contributed by atoms with van der Waals surface area (Å²) in [5.41, 5.74) is 3.24. The highest BCUT2D eigenvalue weighted by atomic mass is 32.1. The quantitative estimate of drug-likeness (QED) is 0.731. The highest BCUT2D eigenvalue weighted by Crippen LogP contribution is 2.36. The number of para-hydroxylation sites is 1. The number of aryl methyl sites for hydroxylation is 1. The summed E-state index contributed by atoms with van der Waals surface area (Å²) in [6.45, 7) is 2.01. The zero-order valence-corrected chi connectivity index (χ0v) is 10.5. The van der Waals surface area contributed by atoms with Crippen LogP contribution >= 0.6 is 11.3 Å². The number of carboxylic acids is 1. The van der Waals surface area contributed by atoms with E-state index < -0.39 is 5.97 Å². The van der Waals surface area contributed by atoms with Crippen molar-refractivity contribution in [3.05, 3.63) is 47.0 Å². The van der Waals surface area contributed by atoms with Gasteiger partial charge < -0.3 is 10.1 Å². The number of aromatic nitrogens is 1. The van der Waals surface area contributed by atoms with E-state index in [1.807, 2.05) is 37.3 Å². The SMILES string of the molecule is Cc1[nH]c2ccccc2c1-c1ccc(C(=O)O)s1. The molecule has 0 aliphatic carbocycles. The van der Waals surface area contributed by atoms with Gasteiger partial charge in [0.2, 0.25) is 0 Å². The van der Waals surface area contributed by atoms with Crippen molar-refractivity contribution in [1.82, 2.24) is 4.98 Å². The van der Waals surface area contributed by atoms with Crippen LogP contribution in [-0.4, -0.2) is 16.1 Å². The highest BCUT2D eigenvalue weighted by molar-refractivity contribution is 7.17. The number of carbonyl (C=O) groups is 1. The Morgan fingerprint density at radius 2 is 2.00 bits per heavy atom. The van der Waals surface area contributed by atoms with Crippen molar-refractivity contribution in [1.29, 1.82) is 0 Å². The summed E-state index contributed by atoms with van der Waals surface area (Å²) in [6.07, 6.45) is 0. The topological polar surface area (TPSA) is 53.1 Å². The monoisotopic (exact) mass is 257 g/mol. The number of thiophene rings is 1. The molecule has 2 heterocycles. The lowest BCUT2D eigenvalue weighted by Crippen LogP contribution is -1.89. The minimum absolute atomic E-state index is 0.370. The largest absolute Gasteiger partial charge is 0.477 e. The molecule has 0 bridgehead atoms. The summed E-state index contributed by atoms with van der Waals surface area (Å²) in [4.78, 5) is 15.6. The number of hydrogen-bond acceptors (Lipinski definition) is 2. The summed E-state index contributed by atoms with van der Waals surface area (Å²) in [5.74, 6) is -0.872. The van der Waals surface area contributed by atoms with Crippen LogP contribution in [0.2, 0.25) is 0 Å². The Hall–Kier alpha value is -2.07. The van der Waals surface area contributed by atoms with Crippen molar-refractivity contribution >= 4 is 28.2 Å². The lowest BCUT2D eigenvalue weighted by Gasteiger charge is -1.96. The maximum absolute atomic E-state index is 10.9. The minimum atomic E-state index is -0.872. The Morgan fingerprint density at radius 3 is 2.72 bits per heavy atom. The molecule has 3 rings (SSSR count). The average molecular weight is 257 g/mol. The maximum atomic E-state index is 10.9. The number of carboxylic acid groups (broad SMARTS) is 1. The molecule has 3 aromatic rings. The molecule has 4 heteroatoms. The van der Waals surface area contributed by atoms with Gasteiger partial charge in [0, 0.05) is 27.0 Å². The first kappa shape index (κ1) is 11.0. The van der Waals surface area contributed by atoms with Crippen LogP contribution < -0.4 is 0 Å². The Bertz CT molecular complexity index is 739. The molecule has 0 aliphatic rings. The molecule has 2 aromatic heterocycles. The lowest BCUT2D eigenvalue weighted by atomic mass is 10.1. The van der Waals surface area contributed by atoms with E-state index in [4.69, 9.17) is 5.11 Å². The molecule has 0 fully saturated rings. The number of benzene rings is 1. The number of nitrogens with one attached hydrogen (secondary N) is 1. The van der Waals surface area contributed by atoms with Crippen molar-refractivity contribution in [3.63, 3.8) is 0 Å². The Kier molecular flexibility index (Phi) is 2.45. The Morgan fingerprint density at radius 1 is 1.22 bits per heavy atom. The van der Waals surface area contributed by atoms with E-state index in [0.29, 0.717) is 4.88 Å². The van der Waals surface area contributed by atoms with E-state index in [2.05, 4.69) is 4.98 Å². The molecule has 18 heavy (non-hydrogen) atoms. The summed E-state index contributed by atoms with van der Waals surface area (Å²) in [7, 11) is 0. The fraction of sp³-hybridized carbons (Fsp3) is 0.0714. The second-order valence-corrected chi connectivity index (χ2v) is 5.22. The third kappa shape index (κ3) is 1.62. The molecule has 0 saturated heterocycles. The molecular weight excluding hydrogens is 246 g/mol. The molecule has 2 N–H and O–H groups in total. The third-order valence-corrected chi connectivity index (χ3v) is 4.05. The predicted octanol–water partition coefficient (Wildman–Crippen LogP) is 3.90. The average Bonchev–Trinajstić information content (AvgIpc) is 2.91. The molecule has 90 valence electrons. The van der Waals surface area contributed by atoms with Gasteiger partial charge in [0.15, 0.2) is 0 Å². The zero-order valence-electron chi connectivity index (χ0n) is 9.73. The van der Waals surface area contributed by atoms with Crippen LogP contribution in [0.1, 0.15) is 15.4 Å². The number of H-pyrrole nitrogens is 1. The number of fused-ring (bicyclic) bond motifs is 1. The first-order valence-corrected chi connectivity index (χ1v) is 6.39. The molecular formula is C14H11NO2S. The summed E-state index contributed by atoms with van der Waals surface area (Å²) >= 11 is 1.31. The summed E-state index contributed by atoms with van der Waals surface area (Å²) in [6, 6.07) is 11.6. The first-order valence-electron chi connectivity index (χ1n) is 5.57. The van der Waals surface area contributed by atoms with Crippen molar-refractivity contribution < 1.29 is 9.90 Å². The van der Waals surface area contributed by atoms with Gasteiger partial charge in [-0.3, -0.25) is 0 Å². The maximum Gasteiger partial charge on any atom is 0.345 e. The molecule has 0 atom stereocenters. The van der Waals surface area contributed by atoms with Gasteiger partial charge in [0.1, 0.15) is 4.88 Å². The molecule has 0 saturated carbocycles. The van der Waals surface area contributed by atoms with Crippen LogP contribution in [0.15, 0.2) is 36.4 Å². The fourth-order valence-electron chi connectivity index (χ4n) is 2.18. The molecule has 3 nitrogen and oxygen atoms in total. The van der Waals surface area contributed by atoms with E-state index in [1.165, 1.54) is 11.3 Å². The van der Waals surface area contributed by atoms with Gasteiger partial charge in [0.05, 0.1) is 0 Å². The van der Waals surface area contributed by atoms with Crippen LogP contribution in [0.25, 0.3) is 21.3 Å². The van der Waals surface area contributed by atoms with Gasteiger partial charge in [-0.05, 0) is 25.1 Å². The van der Waals surface area contributed by atoms with E-state index in [9.17, 15) is 4.79 Å². The van der Waals surface area contributed by atoms with E-state index in [1.54, 1.807) is 6.07 Å². The van der Waals surface area contributed by atoms with Crippen LogP contribution in [0.5, 0.6) is 0 Å². The minimum Gasteiger partial charge on any atom is -0.477 e. The van der Waals surface area contributed by atoms with Gasteiger partial charge in [0.25, 0.3) is 0 Å². The second kappa shape index (κ2) is 3.99. The molecule has 0 amide bonds. The molecule has 0 spiro atoms. The van der Waals surface area contributed by atoms with Gasteiger partial charge >= 0.3 is 5.97 Å². The molecule has 0 unspecified atom stereocenters. The molecule has 0 aliphatic heterocycles. The van der Waals surface area contributed by atoms with Crippen LogP contribution in [0.4, 0.5) is 0 Å². The van der Waals surface area contributed by atoms with Crippen molar-refractivity contribution in [2.75, 3.05) is 0 Å². The third-order valence-electron chi connectivity index (χ3n) is 2.96. The van der Waals surface area contributed by atoms with Crippen molar-refractivity contribution in [2.45, 2.75) is 6.92 Å². The van der Waals surface area contributed by atoms with Gasteiger partial charge in [-0.15, -0.1) is 11.3 Å². The highest BCUT2D eigenvalue weighted by Gasteiger charge is 2.14. The second-order valence-electron chi connectivity index (χ2n) is 4.14. The molecule has 0 radical (unpaired) electrons. The van der Waals surface area contributed by atoms with Crippen molar-refractivity contribution in [3.8, 4) is 10.4 Å². The lowest BCUT2D eigenvalue weighted by molar-refractivity contribution is 0.0702. The number of aromatic carboxylic acids is 1. The molecule has 1 aromatic carbocycles. The van der Waals surface area contributed by atoms with Gasteiger partial charge in [-0.2, -0.15) is 0 Å². The van der Waals surface area contributed by atoms with E-state index in [-0.39, 0.29) is 0 Å². The van der Waals surface area contributed by atoms with Crippen LogP contribution in [-0.2, 0) is 0 Å². The predicted molar refractivity (Wildman–Crippen MR) is 73.3 cm³/mol. The Labute approximate surface area is 108 Å². The zero-order chi connectivity index (χ0) is 12.7. The Balaban J connectivity index is 2.24. The van der Waals surface area contributed by atoms with Crippen LogP contribution in [0, 0.1) is 6.92 Å². The summed E-state index contributed by atoms with van der Waals surface area (Å²) < 4.78 is 0. The van der Waals surface area contributed by atoms with Gasteiger partial charge in [-0.25, -0.2) is 4.79 Å². The number of rotatable bonds is 2. The van der Waals surface area contributed by atoms with Crippen molar-refractivity contribution in [2.24, 2.45) is 0 Å². The first-order chi connectivity index (χ1) is 8.66. The van der Waals surface area contributed by atoms with Gasteiger partial charge in [-0.1, -0.05) is 18.2 Å². The van der Waals surface area contributed by atoms with E-state index in [0.717, 1.165) is 27.0 Å². The number of aromatic amines is 1. The summed E-state index contributed by atoms with van der Waals surface area (Å²) in [5, 5.41) is 10.1. The number of hydrogen-bond donors (Lipinski definition) is 2. The fourth-order valence-corrected chi connectivity index (χ4v) is 3.14. The van der Waals surface area contributed by atoms with E-state index >= 15 is 0 Å². The smallest absolute Gasteiger partial charge is 0.345 e. The normalized spacial score (nSPS) is 10.9.